The van der Waals surface area contributed by atoms with Crippen molar-refractivity contribution in [2.75, 3.05) is 26.2 Å². The summed E-state index contributed by atoms with van der Waals surface area (Å²) in [6, 6.07) is 2.57. The van der Waals surface area contributed by atoms with E-state index in [4.69, 9.17) is 4.74 Å². The summed E-state index contributed by atoms with van der Waals surface area (Å²) in [6.45, 7) is 3.95. The van der Waals surface area contributed by atoms with E-state index >= 15 is 0 Å². The van der Waals surface area contributed by atoms with E-state index in [-0.39, 0.29) is 47.6 Å². The summed E-state index contributed by atoms with van der Waals surface area (Å²) >= 11 is 0. The number of rotatable bonds is 3. The lowest BCUT2D eigenvalue weighted by Crippen LogP contribution is -2.47. The topological polar surface area (TPSA) is 103 Å². The number of carbonyl (C=O) groups is 3. The molecule has 1 N–H and O–H groups in total. The first-order valence-corrected chi connectivity index (χ1v) is 10.2. The molecule has 9 heteroatoms. The smallest absolute Gasteiger partial charge is 0.410 e. The molecule has 0 bridgehead atoms. The van der Waals surface area contributed by atoms with Crippen LogP contribution in [0, 0.1) is 11.8 Å². The Balaban J connectivity index is 1.26. The molecular formula is C20H24N4O5. The van der Waals surface area contributed by atoms with Crippen molar-refractivity contribution in [2.45, 2.75) is 38.0 Å². The molecule has 4 fully saturated rings. The maximum absolute atomic E-state index is 12.7. The summed E-state index contributed by atoms with van der Waals surface area (Å²) in [7, 11) is 0. The van der Waals surface area contributed by atoms with Crippen LogP contribution >= 0.6 is 0 Å². The average Bonchev–Trinajstić information content (AvgIpc) is 3.03. The Hall–Kier alpha value is -2.84. The maximum atomic E-state index is 12.7. The molecule has 1 aromatic rings. The number of aromatic amines is 1. The van der Waals surface area contributed by atoms with Gasteiger partial charge in [0.25, 0.3) is 5.91 Å². The van der Waals surface area contributed by atoms with Crippen molar-refractivity contribution >= 4 is 17.9 Å². The minimum Gasteiger partial charge on any atom is -0.442 e. The van der Waals surface area contributed by atoms with Crippen molar-refractivity contribution in [3.63, 3.8) is 0 Å². The van der Waals surface area contributed by atoms with Crippen LogP contribution in [-0.2, 0) is 9.53 Å². The number of pyridine rings is 1. The number of amides is 3. The Morgan fingerprint density at radius 2 is 1.97 bits per heavy atom. The summed E-state index contributed by atoms with van der Waals surface area (Å²) in [4.78, 5) is 57.0. The number of carbonyl (C=O) groups excluding carboxylic acids is 3. The lowest BCUT2D eigenvalue weighted by molar-refractivity contribution is -0.132. The van der Waals surface area contributed by atoms with Crippen LogP contribution in [0.1, 0.15) is 30.1 Å². The molecule has 4 heterocycles. The fraction of sp³-hybridized carbons (Fsp3) is 0.600. The van der Waals surface area contributed by atoms with Crippen molar-refractivity contribution in [2.24, 2.45) is 11.8 Å². The summed E-state index contributed by atoms with van der Waals surface area (Å²) in [5.41, 5.74) is 0.0192. The quantitative estimate of drug-likeness (QED) is 0.785. The van der Waals surface area contributed by atoms with E-state index in [1.165, 1.54) is 12.3 Å². The Morgan fingerprint density at radius 1 is 1.17 bits per heavy atom. The second-order valence-corrected chi connectivity index (χ2v) is 8.59. The van der Waals surface area contributed by atoms with Crippen LogP contribution in [0.2, 0.25) is 0 Å². The fourth-order valence-corrected chi connectivity index (χ4v) is 4.88. The standard InChI is InChI=1S/C20H24N4O5/c1-11-6-14(11)19(27)23-9-15-16(10-23)29-20(28)24(15)13-3-5-22(8-13)18(26)12-2-4-21-17(25)7-12/h2,4,7,11,13-16H,3,5-6,8-10H2,1H3,(H,21,25)/t11?,13?,14?,15-,16+/m1/s1. The molecule has 4 aliphatic rings. The van der Waals surface area contributed by atoms with Crippen molar-refractivity contribution in [3.05, 3.63) is 34.2 Å². The van der Waals surface area contributed by atoms with E-state index in [2.05, 4.69) is 11.9 Å². The highest BCUT2D eigenvalue weighted by atomic mass is 16.6. The van der Waals surface area contributed by atoms with E-state index in [1.54, 1.807) is 15.9 Å². The molecule has 0 aromatic carbocycles. The Labute approximate surface area is 167 Å². The molecule has 5 atom stereocenters. The highest BCUT2D eigenvalue weighted by Gasteiger charge is 2.54. The second kappa shape index (κ2) is 6.60. The largest absolute Gasteiger partial charge is 0.442 e. The molecule has 1 aromatic heterocycles. The summed E-state index contributed by atoms with van der Waals surface area (Å²) in [5.74, 6) is 0.516. The number of nitrogens with zero attached hydrogens (tertiary/aromatic N) is 3. The van der Waals surface area contributed by atoms with Crippen molar-refractivity contribution < 1.29 is 19.1 Å². The molecule has 3 amide bonds. The van der Waals surface area contributed by atoms with Gasteiger partial charge in [0.05, 0.1) is 18.6 Å². The molecule has 1 aliphatic carbocycles. The van der Waals surface area contributed by atoms with E-state index in [0.717, 1.165) is 6.42 Å². The van der Waals surface area contributed by atoms with Gasteiger partial charge in [-0.25, -0.2) is 4.79 Å². The highest BCUT2D eigenvalue weighted by Crippen LogP contribution is 2.41. The molecule has 9 nitrogen and oxygen atoms in total. The predicted octanol–water partition coefficient (Wildman–Crippen LogP) is 0.277. The van der Waals surface area contributed by atoms with Gasteiger partial charge in [-0.05, 0) is 24.8 Å². The van der Waals surface area contributed by atoms with Crippen LogP contribution in [0.4, 0.5) is 4.79 Å². The molecule has 0 spiro atoms. The first-order valence-electron chi connectivity index (χ1n) is 10.2. The molecule has 154 valence electrons. The molecule has 0 radical (unpaired) electrons. The minimum absolute atomic E-state index is 0.117. The molecule has 3 saturated heterocycles. The van der Waals surface area contributed by atoms with Gasteiger partial charge in [0.15, 0.2) is 0 Å². The average molecular weight is 400 g/mol. The normalized spacial score (nSPS) is 33.1. The summed E-state index contributed by atoms with van der Waals surface area (Å²) < 4.78 is 5.56. The van der Waals surface area contributed by atoms with Gasteiger partial charge in [0.2, 0.25) is 11.5 Å². The monoisotopic (exact) mass is 400 g/mol. The first-order chi connectivity index (χ1) is 13.9. The number of H-pyrrole nitrogens is 1. The van der Waals surface area contributed by atoms with Gasteiger partial charge in [0.1, 0.15) is 6.10 Å². The fourth-order valence-electron chi connectivity index (χ4n) is 4.88. The van der Waals surface area contributed by atoms with Crippen LogP contribution in [-0.4, -0.2) is 82.0 Å². The number of nitrogens with one attached hydrogen (secondary N) is 1. The Morgan fingerprint density at radius 3 is 2.69 bits per heavy atom. The number of fused-ring (bicyclic) bond motifs is 1. The SMILES string of the molecule is CC1CC1C(=O)N1C[C@@H]2OC(=O)N(C3CCN(C(=O)c4cc[nH]c(=O)c4)C3)[C@@H]2C1. The first kappa shape index (κ1) is 18.2. The molecule has 3 aliphatic heterocycles. The third-order valence-corrected chi connectivity index (χ3v) is 6.66. The van der Waals surface area contributed by atoms with Crippen LogP contribution in [0.15, 0.2) is 23.1 Å². The lowest BCUT2D eigenvalue weighted by Gasteiger charge is -2.28. The molecule has 5 rings (SSSR count). The number of hydrogen-bond donors (Lipinski definition) is 1. The summed E-state index contributed by atoms with van der Waals surface area (Å²) in [6.07, 6.45) is 2.40. The van der Waals surface area contributed by atoms with Crippen LogP contribution in [0.3, 0.4) is 0 Å². The van der Waals surface area contributed by atoms with Crippen LogP contribution in [0.5, 0.6) is 0 Å². The number of likely N-dealkylation sites (tertiary alicyclic amines) is 2. The van der Waals surface area contributed by atoms with Crippen molar-refractivity contribution in [3.8, 4) is 0 Å². The van der Waals surface area contributed by atoms with Gasteiger partial charge in [-0.15, -0.1) is 0 Å². The predicted molar refractivity (Wildman–Crippen MR) is 101 cm³/mol. The maximum Gasteiger partial charge on any atom is 0.410 e. The van der Waals surface area contributed by atoms with Gasteiger partial charge < -0.3 is 19.5 Å². The zero-order valence-electron chi connectivity index (χ0n) is 16.2. The van der Waals surface area contributed by atoms with Gasteiger partial charge in [0, 0.05) is 43.4 Å². The minimum atomic E-state index is -0.359. The summed E-state index contributed by atoms with van der Waals surface area (Å²) in [5, 5.41) is 0. The van der Waals surface area contributed by atoms with E-state index in [1.807, 2.05) is 4.90 Å². The van der Waals surface area contributed by atoms with Crippen molar-refractivity contribution in [1.29, 1.82) is 0 Å². The molecule has 3 unspecified atom stereocenters. The number of ether oxygens (including phenoxy) is 1. The van der Waals surface area contributed by atoms with Crippen molar-refractivity contribution in [1.82, 2.24) is 19.7 Å². The van der Waals surface area contributed by atoms with Gasteiger partial charge in [-0.3, -0.25) is 19.3 Å². The van der Waals surface area contributed by atoms with E-state index < -0.39 is 0 Å². The van der Waals surface area contributed by atoms with E-state index in [9.17, 15) is 19.2 Å². The zero-order chi connectivity index (χ0) is 20.3. The van der Waals surface area contributed by atoms with Gasteiger partial charge in [-0.1, -0.05) is 6.92 Å². The van der Waals surface area contributed by atoms with Crippen LogP contribution < -0.4 is 5.56 Å². The zero-order valence-corrected chi connectivity index (χ0v) is 16.2. The number of hydrogen-bond acceptors (Lipinski definition) is 5. The lowest BCUT2D eigenvalue weighted by atomic mass is 10.1. The third kappa shape index (κ3) is 3.08. The third-order valence-electron chi connectivity index (χ3n) is 6.66. The Bertz CT molecular complexity index is 929. The molecule has 29 heavy (non-hydrogen) atoms. The van der Waals surface area contributed by atoms with Crippen LogP contribution in [0.25, 0.3) is 0 Å². The molecular weight excluding hydrogens is 376 g/mol. The Kier molecular flexibility index (Phi) is 4.15. The second-order valence-electron chi connectivity index (χ2n) is 8.59. The van der Waals surface area contributed by atoms with E-state index in [0.29, 0.717) is 44.1 Å². The number of aromatic nitrogens is 1. The van der Waals surface area contributed by atoms with Gasteiger partial charge >= 0.3 is 6.09 Å². The van der Waals surface area contributed by atoms with Gasteiger partial charge in [-0.2, -0.15) is 0 Å². The highest BCUT2D eigenvalue weighted by molar-refractivity contribution is 5.94. The molecule has 1 saturated carbocycles.